The molecule has 0 aromatic carbocycles. The zero-order valence-electron chi connectivity index (χ0n) is 14.1. The normalized spacial score (nSPS) is 16.1. The highest BCUT2D eigenvalue weighted by Crippen LogP contribution is 2.23. The van der Waals surface area contributed by atoms with Crippen LogP contribution in [-0.4, -0.2) is 37.8 Å². The predicted molar refractivity (Wildman–Crippen MR) is 89.7 cm³/mol. The van der Waals surface area contributed by atoms with Gasteiger partial charge in [0.2, 0.25) is 11.7 Å². The molecule has 1 aliphatic heterocycles. The van der Waals surface area contributed by atoms with Gasteiger partial charge in [-0.3, -0.25) is 0 Å². The van der Waals surface area contributed by atoms with Crippen LogP contribution in [0.1, 0.15) is 36.5 Å². The zero-order chi connectivity index (χ0) is 16.5. The lowest BCUT2D eigenvalue weighted by Gasteiger charge is -2.21. The Kier molecular flexibility index (Phi) is 4.02. The van der Waals surface area contributed by atoms with E-state index in [0.29, 0.717) is 11.7 Å². The largest absolute Gasteiger partial charge is 0.339 e. The number of fused-ring (bicyclic) bond motifs is 1. The van der Waals surface area contributed by atoms with Crippen molar-refractivity contribution in [3.8, 4) is 11.4 Å². The fraction of sp³-hybridized carbons (Fsp3) is 0.529. The maximum atomic E-state index is 5.45. The monoisotopic (exact) mass is 326 g/mol. The van der Waals surface area contributed by atoms with Crippen molar-refractivity contribution in [3.05, 3.63) is 29.5 Å². The summed E-state index contributed by atoms with van der Waals surface area (Å²) in [6.45, 7) is 6.22. The molecule has 0 aliphatic carbocycles. The van der Waals surface area contributed by atoms with E-state index in [4.69, 9.17) is 4.52 Å². The Morgan fingerprint density at radius 2 is 2.08 bits per heavy atom. The summed E-state index contributed by atoms with van der Waals surface area (Å²) < 4.78 is 7.26. The van der Waals surface area contributed by atoms with Crippen LogP contribution < -0.4 is 5.32 Å². The molecular weight excluding hydrogens is 304 g/mol. The van der Waals surface area contributed by atoms with Crippen LogP contribution >= 0.6 is 0 Å². The van der Waals surface area contributed by atoms with Crippen molar-refractivity contribution in [2.45, 2.75) is 39.5 Å². The van der Waals surface area contributed by atoms with Gasteiger partial charge in [0, 0.05) is 17.8 Å². The Morgan fingerprint density at radius 3 is 2.92 bits per heavy atom. The number of piperidine rings is 1. The first-order chi connectivity index (χ1) is 11.7. The van der Waals surface area contributed by atoms with Crippen LogP contribution in [0.15, 0.2) is 16.8 Å². The maximum Gasteiger partial charge on any atom is 0.226 e. The molecule has 126 valence electrons. The molecule has 0 atom stereocenters. The molecule has 4 heterocycles. The zero-order valence-corrected chi connectivity index (χ0v) is 14.1. The SMILES string of the molecule is Cc1cc(C)n2ncc(-c3noc(CCC4CCNCC4)n3)c2n1. The summed E-state index contributed by atoms with van der Waals surface area (Å²) in [5.74, 6) is 2.03. The van der Waals surface area contributed by atoms with Crippen molar-refractivity contribution in [3.63, 3.8) is 0 Å². The van der Waals surface area contributed by atoms with Gasteiger partial charge in [-0.05, 0) is 58.2 Å². The minimum Gasteiger partial charge on any atom is -0.339 e. The van der Waals surface area contributed by atoms with E-state index >= 15 is 0 Å². The van der Waals surface area contributed by atoms with Gasteiger partial charge in [0.15, 0.2) is 5.65 Å². The third-order valence-corrected chi connectivity index (χ3v) is 4.71. The van der Waals surface area contributed by atoms with Crippen molar-refractivity contribution >= 4 is 5.65 Å². The number of aryl methyl sites for hydroxylation is 3. The minimum atomic E-state index is 0.572. The van der Waals surface area contributed by atoms with Gasteiger partial charge in [0.1, 0.15) is 0 Å². The summed E-state index contributed by atoms with van der Waals surface area (Å²) in [5, 5.41) is 11.9. The molecular formula is C17H22N6O. The topological polar surface area (TPSA) is 81.1 Å². The van der Waals surface area contributed by atoms with Gasteiger partial charge in [0.05, 0.1) is 11.8 Å². The smallest absolute Gasteiger partial charge is 0.226 e. The van der Waals surface area contributed by atoms with Gasteiger partial charge in [0.25, 0.3) is 0 Å². The van der Waals surface area contributed by atoms with Gasteiger partial charge >= 0.3 is 0 Å². The Morgan fingerprint density at radius 1 is 1.25 bits per heavy atom. The second kappa shape index (κ2) is 6.32. The number of nitrogens with one attached hydrogen (secondary N) is 1. The molecule has 0 saturated carbocycles. The number of rotatable bonds is 4. The van der Waals surface area contributed by atoms with Crippen molar-refractivity contribution < 1.29 is 4.52 Å². The summed E-state index contributed by atoms with van der Waals surface area (Å²) in [6.07, 6.45) is 6.17. The molecule has 7 nitrogen and oxygen atoms in total. The molecule has 1 aliphatic rings. The van der Waals surface area contributed by atoms with E-state index in [-0.39, 0.29) is 0 Å². The van der Waals surface area contributed by atoms with E-state index in [2.05, 4.69) is 25.5 Å². The molecule has 0 radical (unpaired) electrons. The highest BCUT2D eigenvalue weighted by molar-refractivity contribution is 5.72. The van der Waals surface area contributed by atoms with Gasteiger partial charge < -0.3 is 9.84 Å². The number of nitrogens with zero attached hydrogens (tertiary/aromatic N) is 5. The van der Waals surface area contributed by atoms with Gasteiger partial charge in [-0.15, -0.1) is 0 Å². The van der Waals surface area contributed by atoms with Crippen LogP contribution in [0.2, 0.25) is 0 Å². The fourth-order valence-electron chi connectivity index (χ4n) is 3.39. The van der Waals surface area contributed by atoms with E-state index in [9.17, 15) is 0 Å². The van der Waals surface area contributed by atoms with Crippen molar-refractivity contribution in [1.82, 2.24) is 30.1 Å². The van der Waals surface area contributed by atoms with E-state index in [1.165, 1.54) is 12.8 Å². The summed E-state index contributed by atoms with van der Waals surface area (Å²) in [7, 11) is 0. The lowest BCUT2D eigenvalue weighted by molar-refractivity contribution is 0.324. The number of hydrogen-bond donors (Lipinski definition) is 1. The average molecular weight is 326 g/mol. The molecule has 4 rings (SSSR count). The van der Waals surface area contributed by atoms with Gasteiger partial charge in [-0.1, -0.05) is 5.16 Å². The first-order valence-electron chi connectivity index (χ1n) is 8.56. The third kappa shape index (κ3) is 2.91. The predicted octanol–water partition coefficient (Wildman–Crippen LogP) is 2.33. The Hall–Kier alpha value is -2.28. The van der Waals surface area contributed by atoms with Crippen LogP contribution in [0.25, 0.3) is 17.0 Å². The molecule has 1 N–H and O–H groups in total. The summed E-state index contributed by atoms with van der Waals surface area (Å²) in [5.41, 5.74) is 3.59. The van der Waals surface area contributed by atoms with Crippen LogP contribution in [0, 0.1) is 19.8 Å². The maximum absolute atomic E-state index is 5.45. The molecule has 0 spiro atoms. The molecule has 3 aromatic heterocycles. The molecule has 24 heavy (non-hydrogen) atoms. The lowest BCUT2D eigenvalue weighted by atomic mass is 9.93. The fourth-order valence-corrected chi connectivity index (χ4v) is 3.39. The van der Waals surface area contributed by atoms with E-state index in [1.54, 1.807) is 6.20 Å². The molecule has 3 aromatic rings. The molecule has 0 unspecified atom stereocenters. The first-order valence-corrected chi connectivity index (χ1v) is 8.56. The van der Waals surface area contributed by atoms with Crippen molar-refractivity contribution in [2.75, 3.05) is 13.1 Å². The second-order valence-corrected chi connectivity index (χ2v) is 6.58. The summed E-state index contributed by atoms with van der Waals surface area (Å²) in [4.78, 5) is 9.13. The minimum absolute atomic E-state index is 0.572. The standard InChI is InChI=1S/C17H22N6O/c1-11-9-12(2)23-17(20-11)14(10-19-23)16-21-15(24-22-16)4-3-13-5-7-18-8-6-13/h9-10,13,18H,3-8H2,1-2H3. The van der Waals surface area contributed by atoms with E-state index in [0.717, 1.165) is 54.4 Å². The molecule has 0 amide bonds. The third-order valence-electron chi connectivity index (χ3n) is 4.71. The van der Waals surface area contributed by atoms with Crippen molar-refractivity contribution in [2.24, 2.45) is 5.92 Å². The Labute approximate surface area is 140 Å². The van der Waals surface area contributed by atoms with E-state index in [1.807, 2.05) is 24.4 Å². The second-order valence-electron chi connectivity index (χ2n) is 6.58. The highest BCUT2D eigenvalue weighted by atomic mass is 16.5. The Bertz CT molecular complexity index is 846. The van der Waals surface area contributed by atoms with Gasteiger partial charge in [-0.2, -0.15) is 10.1 Å². The molecule has 1 saturated heterocycles. The summed E-state index contributed by atoms with van der Waals surface area (Å²) >= 11 is 0. The first kappa shape index (κ1) is 15.3. The van der Waals surface area contributed by atoms with Crippen LogP contribution in [0.3, 0.4) is 0 Å². The summed E-state index contributed by atoms with van der Waals surface area (Å²) in [6, 6.07) is 2.00. The quantitative estimate of drug-likeness (QED) is 0.792. The van der Waals surface area contributed by atoms with Crippen LogP contribution in [0.5, 0.6) is 0 Å². The van der Waals surface area contributed by atoms with Crippen LogP contribution in [-0.2, 0) is 6.42 Å². The lowest BCUT2D eigenvalue weighted by Crippen LogP contribution is -2.27. The molecule has 1 fully saturated rings. The number of aromatic nitrogens is 5. The average Bonchev–Trinajstić information content (AvgIpc) is 3.20. The molecule has 7 heteroatoms. The van der Waals surface area contributed by atoms with Crippen LogP contribution in [0.4, 0.5) is 0 Å². The molecule has 0 bridgehead atoms. The number of hydrogen-bond acceptors (Lipinski definition) is 6. The Balaban J connectivity index is 1.54. The van der Waals surface area contributed by atoms with Crippen molar-refractivity contribution in [1.29, 1.82) is 0 Å². The highest BCUT2D eigenvalue weighted by Gasteiger charge is 2.18. The van der Waals surface area contributed by atoms with Gasteiger partial charge in [-0.25, -0.2) is 9.50 Å². The van der Waals surface area contributed by atoms with E-state index < -0.39 is 0 Å².